The number of fused-ring (bicyclic) bond motifs is 2. The Hall–Kier alpha value is -7.69. The highest BCUT2D eigenvalue weighted by Crippen LogP contribution is 2.36. The van der Waals surface area contributed by atoms with Gasteiger partial charge in [0.25, 0.3) is 11.4 Å². The van der Waals surface area contributed by atoms with Crippen LogP contribution in [0.15, 0.2) is 91.9 Å². The van der Waals surface area contributed by atoms with E-state index in [1.165, 1.54) is 12.7 Å². The lowest BCUT2D eigenvalue weighted by Crippen LogP contribution is -2.12. The number of nitrogens with two attached hydrogens (primary N) is 2. The van der Waals surface area contributed by atoms with Crippen molar-refractivity contribution in [1.82, 2.24) is 49.1 Å². The second-order valence-corrected chi connectivity index (χ2v) is 13.4. The van der Waals surface area contributed by atoms with Gasteiger partial charge in [-0.3, -0.25) is 0 Å². The van der Waals surface area contributed by atoms with Gasteiger partial charge in [0, 0.05) is 34.6 Å². The minimum Gasteiger partial charge on any atom is -0.392 e. The Labute approximate surface area is 339 Å². The molecule has 6 aromatic heterocycles. The number of hydrogen-bond acceptors (Lipinski definition) is 12. The highest BCUT2D eigenvalue weighted by atomic mass is 35.5. The van der Waals surface area contributed by atoms with E-state index in [0.717, 1.165) is 50.4 Å². The summed E-state index contributed by atoms with van der Waals surface area (Å²) >= 11 is 6.25. The molecule has 0 fully saturated rings. The lowest BCUT2D eigenvalue weighted by Gasteiger charge is -2.20. The molecular formula is C41H39ClN16. The molecule has 0 radical (unpaired) electrons. The Morgan fingerprint density at radius 1 is 0.690 bits per heavy atom. The van der Waals surface area contributed by atoms with Crippen molar-refractivity contribution in [3.05, 3.63) is 142 Å². The summed E-state index contributed by atoms with van der Waals surface area (Å²) in [5.74, 6) is 1.06. The van der Waals surface area contributed by atoms with E-state index in [4.69, 9.17) is 46.4 Å². The topological polar surface area (TPSA) is 197 Å². The largest absolute Gasteiger partial charge is 0.392 e. The lowest BCUT2D eigenvalue weighted by atomic mass is 9.98. The third-order valence-corrected chi connectivity index (χ3v) is 9.52. The molecule has 58 heavy (non-hydrogen) atoms. The van der Waals surface area contributed by atoms with Crippen LogP contribution in [0.5, 0.6) is 0 Å². The summed E-state index contributed by atoms with van der Waals surface area (Å²) in [6, 6.07) is 19.6. The summed E-state index contributed by atoms with van der Waals surface area (Å²) in [6.45, 7) is 22.8. The van der Waals surface area contributed by atoms with Crippen LogP contribution in [0.2, 0.25) is 5.15 Å². The zero-order valence-corrected chi connectivity index (χ0v) is 32.0. The highest BCUT2D eigenvalue weighted by Gasteiger charge is 2.22. The molecule has 2 aromatic carbocycles. The first kappa shape index (κ1) is 40.0. The average Bonchev–Trinajstić information content (AvgIpc) is 3.83. The van der Waals surface area contributed by atoms with Gasteiger partial charge < -0.3 is 22.1 Å². The summed E-state index contributed by atoms with van der Waals surface area (Å²) in [6.07, 6.45) is 7.78. The van der Waals surface area contributed by atoms with Crippen LogP contribution in [0.4, 0.5) is 34.6 Å². The predicted molar refractivity (Wildman–Crippen MR) is 228 cm³/mol. The van der Waals surface area contributed by atoms with Gasteiger partial charge in [-0.15, -0.1) is 0 Å². The maximum Gasteiger partial charge on any atom is 0.268 e. The molecule has 290 valence electrons. The first-order valence-electron chi connectivity index (χ1n) is 17.6. The summed E-state index contributed by atoms with van der Waals surface area (Å²) in [7, 11) is 0. The number of hydrogen-bond donors (Lipinski definition) is 4. The van der Waals surface area contributed by atoms with E-state index < -0.39 is 0 Å². The lowest BCUT2D eigenvalue weighted by molar-refractivity contribution is 0.841. The van der Waals surface area contributed by atoms with Crippen molar-refractivity contribution in [2.75, 3.05) is 22.1 Å². The SMILES string of the molecule is C.[C-]#[N+]c1c(N)ncnc1N[C@@H](C)c1cc2ncc(Cl)n2nc1-c1ccccc1C.[C-]#[N+]c1c(N)ncnc1N[C@@H](C)c1cc2nccn2nc1-c1ccccc1C. The summed E-state index contributed by atoms with van der Waals surface area (Å²) in [5, 5.41) is 16.5. The number of aryl methyl sites for hydroxylation is 2. The monoisotopic (exact) mass is 790 g/mol. The van der Waals surface area contributed by atoms with Crippen molar-refractivity contribution < 1.29 is 0 Å². The minimum absolute atomic E-state index is 0. The van der Waals surface area contributed by atoms with E-state index in [1.807, 2.05) is 81.6 Å². The van der Waals surface area contributed by atoms with Crippen molar-refractivity contribution in [3.63, 3.8) is 0 Å². The Morgan fingerprint density at radius 2 is 1.19 bits per heavy atom. The standard InChI is InChI=1S/C20H17ClN8.C20H18N8.CH4/c1-11-6-4-5-7-13(11)17-14(8-16-24-9-15(21)29(16)28-17)12(2)27-20-18(23-3)19(22)25-10-26-20;1-12-6-4-5-7-14(12)17-15(10-16-23-8-9-28(16)27-17)13(2)26-20-18(22-3)19(21)24-11-25-20;/h4-10,12H,1-2H3,(H3,22,25,26,27);4-11,13H,1-2H3,(H3,21,24,25,26);1H4/t12-;13-;/m00./s1. The normalized spacial score (nSPS) is 11.7. The molecule has 0 aliphatic rings. The summed E-state index contributed by atoms with van der Waals surface area (Å²) < 4.78 is 3.36. The molecule has 8 rings (SSSR count). The highest BCUT2D eigenvalue weighted by molar-refractivity contribution is 6.29. The van der Waals surface area contributed by atoms with Gasteiger partial charge in [0.1, 0.15) is 35.9 Å². The van der Waals surface area contributed by atoms with Crippen LogP contribution >= 0.6 is 11.6 Å². The van der Waals surface area contributed by atoms with Crippen molar-refractivity contribution in [2.45, 2.75) is 47.2 Å². The predicted octanol–water partition coefficient (Wildman–Crippen LogP) is 8.89. The smallest absolute Gasteiger partial charge is 0.268 e. The van der Waals surface area contributed by atoms with E-state index >= 15 is 0 Å². The number of nitrogen functional groups attached to an aromatic ring is 2. The van der Waals surface area contributed by atoms with Crippen molar-refractivity contribution in [2.24, 2.45) is 0 Å². The van der Waals surface area contributed by atoms with Gasteiger partial charge in [0.2, 0.25) is 0 Å². The molecule has 0 aliphatic heterocycles. The quantitative estimate of drug-likeness (QED) is 0.107. The Balaban J connectivity index is 0.000000192. The van der Waals surface area contributed by atoms with E-state index in [1.54, 1.807) is 21.4 Å². The van der Waals surface area contributed by atoms with Gasteiger partial charge in [0.15, 0.2) is 16.4 Å². The van der Waals surface area contributed by atoms with E-state index in [-0.39, 0.29) is 42.5 Å². The number of nitrogens with one attached hydrogen (secondary N) is 2. The molecule has 0 saturated carbocycles. The van der Waals surface area contributed by atoms with Crippen LogP contribution in [-0.4, -0.2) is 49.1 Å². The zero-order valence-electron chi connectivity index (χ0n) is 31.2. The van der Waals surface area contributed by atoms with E-state index in [9.17, 15) is 0 Å². The number of anilines is 4. The number of aromatic nitrogens is 10. The van der Waals surface area contributed by atoms with Crippen LogP contribution in [0.25, 0.3) is 43.5 Å². The fourth-order valence-electron chi connectivity index (χ4n) is 6.31. The third-order valence-electron chi connectivity index (χ3n) is 9.26. The fraction of sp³-hybridized carbons (Fsp3) is 0.171. The first-order chi connectivity index (χ1) is 27.6. The summed E-state index contributed by atoms with van der Waals surface area (Å²) in [4.78, 5) is 31.7. The maximum atomic E-state index is 7.37. The van der Waals surface area contributed by atoms with Gasteiger partial charge in [0.05, 0.1) is 42.8 Å². The molecule has 0 spiro atoms. The maximum absolute atomic E-state index is 7.37. The van der Waals surface area contributed by atoms with Crippen LogP contribution in [-0.2, 0) is 0 Å². The molecule has 2 atom stereocenters. The Morgan fingerprint density at radius 3 is 1.71 bits per heavy atom. The Bertz CT molecular complexity index is 2850. The van der Waals surface area contributed by atoms with E-state index in [2.05, 4.69) is 63.2 Å². The fourth-order valence-corrected chi connectivity index (χ4v) is 6.48. The van der Waals surface area contributed by atoms with Gasteiger partial charge >= 0.3 is 0 Å². The molecule has 0 saturated heterocycles. The van der Waals surface area contributed by atoms with Crippen LogP contribution in [0.1, 0.15) is 55.6 Å². The molecule has 0 amide bonds. The van der Waals surface area contributed by atoms with Crippen LogP contribution in [0, 0.1) is 27.0 Å². The molecule has 0 unspecified atom stereocenters. The number of rotatable bonds is 8. The van der Waals surface area contributed by atoms with Crippen molar-refractivity contribution in [3.8, 4) is 22.5 Å². The minimum atomic E-state index is -0.243. The molecule has 0 bridgehead atoms. The average molecular weight is 791 g/mol. The van der Waals surface area contributed by atoms with Gasteiger partial charge in [-0.25, -0.2) is 48.6 Å². The second-order valence-electron chi connectivity index (χ2n) is 13.0. The molecule has 6 N–H and O–H groups in total. The van der Waals surface area contributed by atoms with Crippen LogP contribution < -0.4 is 22.1 Å². The molecule has 8 aromatic rings. The van der Waals surface area contributed by atoms with Gasteiger partial charge in [-0.1, -0.05) is 67.6 Å². The number of imidazole rings is 2. The Kier molecular flexibility index (Phi) is 11.7. The first-order valence-corrected chi connectivity index (χ1v) is 17.9. The molecule has 17 heteroatoms. The second kappa shape index (κ2) is 17.0. The van der Waals surface area contributed by atoms with Gasteiger partial charge in [-0.05, 0) is 51.0 Å². The molecule has 0 aliphatic carbocycles. The summed E-state index contributed by atoms with van der Waals surface area (Å²) in [5.41, 5.74) is 21.1. The van der Waals surface area contributed by atoms with Gasteiger partial charge in [-0.2, -0.15) is 10.2 Å². The molecular weight excluding hydrogens is 752 g/mol. The number of nitrogens with zero attached hydrogens (tertiary/aromatic N) is 12. The molecule has 6 heterocycles. The van der Waals surface area contributed by atoms with Crippen molar-refractivity contribution in [1.29, 1.82) is 0 Å². The van der Waals surface area contributed by atoms with E-state index in [0.29, 0.717) is 22.4 Å². The van der Waals surface area contributed by atoms with Crippen LogP contribution in [0.3, 0.4) is 0 Å². The number of benzene rings is 2. The number of halogens is 1. The van der Waals surface area contributed by atoms with Crippen molar-refractivity contribution >= 4 is 57.5 Å². The zero-order chi connectivity index (χ0) is 40.2. The third kappa shape index (κ3) is 7.86. The molecule has 16 nitrogen and oxygen atoms in total.